The molecule has 0 aliphatic heterocycles. The molecule has 7 nitrogen and oxygen atoms in total. The van der Waals surface area contributed by atoms with E-state index in [2.05, 4.69) is 5.32 Å². The number of nitrogens with zero attached hydrogens (tertiary/aromatic N) is 3. The minimum absolute atomic E-state index is 0.138. The van der Waals surface area contributed by atoms with Crippen molar-refractivity contribution in [3.8, 4) is 11.3 Å². The molecule has 0 saturated carbocycles. The van der Waals surface area contributed by atoms with Gasteiger partial charge in [-0.25, -0.2) is 14.3 Å². The van der Waals surface area contributed by atoms with Gasteiger partial charge in [-0.05, 0) is 62.6 Å². The lowest BCUT2D eigenvalue weighted by Crippen LogP contribution is -2.14. The Kier molecular flexibility index (Phi) is 5.86. The highest BCUT2D eigenvalue weighted by Crippen LogP contribution is 2.25. The summed E-state index contributed by atoms with van der Waals surface area (Å²) in [6, 6.07) is 16.2. The van der Waals surface area contributed by atoms with Gasteiger partial charge < -0.3 is 9.73 Å². The van der Waals surface area contributed by atoms with Gasteiger partial charge in [-0.15, -0.1) is 0 Å². The maximum absolute atomic E-state index is 12.7. The number of benzene rings is 2. The second-order valence-electron chi connectivity index (χ2n) is 8.58. The number of aromatic nitrogens is 3. The molecular formula is C27H23ClN4O3. The molecule has 0 unspecified atom stereocenters. The van der Waals surface area contributed by atoms with Crippen LogP contribution < -0.4 is 10.9 Å². The lowest BCUT2D eigenvalue weighted by molar-refractivity contribution is -0.116. The summed E-state index contributed by atoms with van der Waals surface area (Å²) in [7, 11) is 0. The first-order valence-electron chi connectivity index (χ1n) is 11.2. The number of fused-ring (bicyclic) bond motifs is 2. The van der Waals surface area contributed by atoms with Crippen molar-refractivity contribution in [2.75, 3.05) is 5.32 Å². The maximum atomic E-state index is 12.7. The Morgan fingerprint density at radius 3 is 2.60 bits per heavy atom. The van der Waals surface area contributed by atoms with Gasteiger partial charge in [0.25, 0.3) is 0 Å². The molecule has 5 aromatic rings. The van der Waals surface area contributed by atoms with E-state index < -0.39 is 5.63 Å². The molecule has 0 aliphatic rings. The molecule has 35 heavy (non-hydrogen) atoms. The maximum Gasteiger partial charge on any atom is 0.336 e. The Morgan fingerprint density at radius 2 is 1.83 bits per heavy atom. The molecular weight excluding hydrogens is 464 g/mol. The molecule has 0 aliphatic carbocycles. The van der Waals surface area contributed by atoms with Gasteiger partial charge in [-0.1, -0.05) is 23.7 Å². The van der Waals surface area contributed by atoms with E-state index in [-0.39, 0.29) is 12.3 Å². The van der Waals surface area contributed by atoms with Gasteiger partial charge in [-0.2, -0.15) is 5.10 Å². The molecule has 176 valence electrons. The van der Waals surface area contributed by atoms with Crippen LogP contribution in [0.1, 0.15) is 28.9 Å². The van der Waals surface area contributed by atoms with Crippen LogP contribution in [0.5, 0.6) is 0 Å². The molecule has 0 spiro atoms. The van der Waals surface area contributed by atoms with E-state index >= 15 is 0 Å². The Hall–Kier alpha value is -3.97. The second kappa shape index (κ2) is 9.00. The number of hydrogen-bond acceptors (Lipinski definition) is 5. The SMILES string of the molecule is Cc1nc2cc(-c3ccc(Cl)cc3)nn2c(C)c1CCC(=O)Nc1ccc2c(C)cc(=O)oc2c1. The minimum Gasteiger partial charge on any atom is -0.423 e. The molecule has 3 aromatic heterocycles. The third kappa shape index (κ3) is 4.55. The fraction of sp³-hybridized carbons (Fsp3) is 0.185. The first-order valence-corrected chi connectivity index (χ1v) is 11.6. The van der Waals surface area contributed by atoms with Gasteiger partial charge >= 0.3 is 5.63 Å². The van der Waals surface area contributed by atoms with Crippen molar-refractivity contribution in [2.24, 2.45) is 0 Å². The number of aryl methyl sites for hydroxylation is 3. The molecule has 0 saturated heterocycles. The molecule has 0 fully saturated rings. The van der Waals surface area contributed by atoms with E-state index in [0.29, 0.717) is 22.7 Å². The normalized spacial score (nSPS) is 11.3. The summed E-state index contributed by atoms with van der Waals surface area (Å²) in [6.07, 6.45) is 0.792. The molecule has 1 amide bonds. The zero-order chi connectivity index (χ0) is 24.7. The predicted octanol–water partition coefficient (Wildman–Crippen LogP) is 5.65. The molecule has 0 radical (unpaired) electrons. The van der Waals surface area contributed by atoms with E-state index in [9.17, 15) is 9.59 Å². The van der Waals surface area contributed by atoms with Gasteiger partial charge in [0.15, 0.2) is 5.65 Å². The van der Waals surface area contributed by atoms with Crippen LogP contribution >= 0.6 is 11.6 Å². The van der Waals surface area contributed by atoms with Gasteiger partial charge in [0, 0.05) is 57.7 Å². The summed E-state index contributed by atoms with van der Waals surface area (Å²) in [5, 5.41) is 9.13. The third-order valence-electron chi connectivity index (χ3n) is 6.14. The summed E-state index contributed by atoms with van der Waals surface area (Å²) in [5.74, 6) is -0.138. The summed E-state index contributed by atoms with van der Waals surface area (Å²) in [5.41, 5.74) is 6.78. The lowest BCUT2D eigenvalue weighted by Gasteiger charge is -2.11. The molecule has 0 bridgehead atoms. The number of anilines is 1. The number of carbonyl (C=O) groups excluding carboxylic acids is 1. The monoisotopic (exact) mass is 486 g/mol. The highest BCUT2D eigenvalue weighted by molar-refractivity contribution is 6.30. The highest BCUT2D eigenvalue weighted by atomic mass is 35.5. The fourth-order valence-corrected chi connectivity index (χ4v) is 4.44. The number of nitrogens with one attached hydrogen (secondary N) is 1. The van der Waals surface area contributed by atoms with Gasteiger partial charge in [0.2, 0.25) is 5.91 Å². The van der Waals surface area contributed by atoms with Crippen LogP contribution in [0.2, 0.25) is 5.02 Å². The molecule has 1 N–H and O–H groups in total. The molecule has 5 rings (SSSR count). The minimum atomic E-state index is -0.412. The Morgan fingerprint density at radius 1 is 1.06 bits per heavy atom. The van der Waals surface area contributed by atoms with Crippen molar-refractivity contribution in [1.82, 2.24) is 14.6 Å². The van der Waals surface area contributed by atoms with Crippen molar-refractivity contribution in [1.29, 1.82) is 0 Å². The van der Waals surface area contributed by atoms with Crippen molar-refractivity contribution in [3.05, 3.63) is 92.6 Å². The average Bonchev–Trinajstić information content (AvgIpc) is 3.23. The number of amides is 1. The van der Waals surface area contributed by atoms with Gasteiger partial charge in [0.05, 0.1) is 5.69 Å². The van der Waals surface area contributed by atoms with E-state index in [1.165, 1.54) is 6.07 Å². The molecule has 8 heteroatoms. The summed E-state index contributed by atoms with van der Waals surface area (Å²) in [6.45, 7) is 5.79. The van der Waals surface area contributed by atoms with Crippen LogP contribution in [0.4, 0.5) is 5.69 Å². The van der Waals surface area contributed by atoms with Crippen LogP contribution in [0.25, 0.3) is 27.9 Å². The molecule has 3 heterocycles. The van der Waals surface area contributed by atoms with E-state index in [1.54, 1.807) is 12.1 Å². The van der Waals surface area contributed by atoms with Crippen LogP contribution in [0.15, 0.2) is 63.8 Å². The molecule has 0 atom stereocenters. The summed E-state index contributed by atoms with van der Waals surface area (Å²) in [4.78, 5) is 29.1. The zero-order valence-corrected chi connectivity index (χ0v) is 20.3. The standard InChI is InChI=1S/C27H23ClN4O3/c1-15-12-27(34)35-24-13-20(8-9-21(15)24)30-26(33)11-10-22-16(2)29-25-14-23(31-32(25)17(22)3)18-4-6-19(28)7-5-18/h4-9,12-14H,10-11H2,1-3H3,(H,30,33). The highest BCUT2D eigenvalue weighted by Gasteiger charge is 2.15. The topological polar surface area (TPSA) is 89.5 Å². The van der Waals surface area contributed by atoms with Crippen molar-refractivity contribution < 1.29 is 9.21 Å². The zero-order valence-electron chi connectivity index (χ0n) is 19.6. The number of halogens is 1. The van der Waals surface area contributed by atoms with Crippen molar-refractivity contribution in [2.45, 2.75) is 33.6 Å². The Bertz CT molecular complexity index is 1650. The van der Waals surface area contributed by atoms with Crippen LogP contribution in [0, 0.1) is 20.8 Å². The third-order valence-corrected chi connectivity index (χ3v) is 6.39. The molecule has 2 aromatic carbocycles. The predicted molar refractivity (Wildman–Crippen MR) is 137 cm³/mol. The summed E-state index contributed by atoms with van der Waals surface area (Å²) < 4.78 is 7.09. The summed E-state index contributed by atoms with van der Waals surface area (Å²) >= 11 is 6.01. The Balaban J connectivity index is 1.34. The smallest absolute Gasteiger partial charge is 0.336 e. The first kappa shape index (κ1) is 22.8. The van der Waals surface area contributed by atoms with E-state index in [1.807, 2.05) is 61.7 Å². The quantitative estimate of drug-likeness (QED) is 0.324. The van der Waals surface area contributed by atoms with E-state index in [4.69, 9.17) is 26.1 Å². The first-order chi connectivity index (χ1) is 16.8. The van der Waals surface area contributed by atoms with Gasteiger partial charge in [0.1, 0.15) is 5.58 Å². The lowest BCUT2D eigenvalue weighted by atomic mass is 10.1. The van der Waals surface area contributed by atoms with Crippen LogP contribution in [0.3, 0.4) is 0 Å². The largest absolute Gasteiger partial charge is 0.423 e. The average molecular weight is 487 g/mol. The van der Waals surface area contributed by atoms with Gasteiger partial charge in [-0.3, -0.25) is 4.79 Å². The number of hydrogen-bond donors (Lipinski definition) is 1. The van der Waals surface area contributed by atoms with Crippen molar-refractivity contribution in [3.63, 3.8) is 0 Å². The van der Waals surface area contributed by atoms with Crippen LogP contribution in [-0.2, 0) is 11.2 Å². The van der Waals surface area contributed by atoms with E-state index in [0.717, 1.165) is 44.8 Å². The number of carbonyl (C=O) groups is 1. The Labute approximate surface area is 206 Å². The number of rotatable bonds is 5. The van der Waals surface area contributed by atoms with Crippen molar-refractivity contribution >= 4 is 39.8 Å². The second-order valence-corrected chi connectivity index (χ2v) is 9.01. The fourth-order valence-electron chi connectivity index (χ4n) is 4.31. The van der Waals surface area contributed by atoms with Crippen LogP contribution in [-0.4, -0.2) is 20.5 Å².